The molecule has 1 saturated heterocycles. The van der Waals surface area contributed by atoms with Gasteiger partial charge < -0.3 is 16.0 Å². The van der Waals surface area contributed by atoms with Crippen LogP contribution in [-0.2, 0) is 10.3 Å². The molecular weight excluding hydrogens is 320 g/mol. The van der Waals surface area contributed by atoms with E-state index in [0.717, 1.165) is 0 Å². The van der Waals surface area contributed by atoms with Gasteiger partial charge in [0.05, 0.1) is 0 Å². The van der Waals surface area contributed by atoms with Crippen molar-refractivity contribution in [3.05, 3.63) is 35.4 Å². The zero-order valence-electron chi connectivity index (χ0n) is 13.3. The van der Waals surface area contributed by atoms with E-state index in [1.807, 2.05) is 6.92 Å². The number of benzene rings is 1. The Balaban J connectivity index is 0.00000264. The second-order valence-electron chi connectivity index (χ2n) is 5.61. The molecule has 1 aliphatic heterocycles. The highest BCUT2D eigenvalue weighted by Crippen LogP contribution is 2.24. The Kier molecular flexibility index (Phi) is 5.74. The molecule has 8 heteroatoms. The van der Waals surface area contributed by atoms with Crippen LogP contribution in [0.3, 0.4) is 0 Å². The van der Waals surface area contributed by atoms with Crippen LogP contribution in [0.5, 0.6) is 0 Å². The van der Waals surface area contributed by atoms with Crippen LogP contribution >= 0.6 is 12.4 Å². The van der Waals surface area contributed by atoms with Gasteiger partial charge in [0.15, 0.2) is 0 Å². The van der Waals surface area contributed by atoms with Crippen molar-refractivity contribution in [2.24, 2.45) is 5.73 Å². The van der Waals surface area contributed by atoms with Crippen molar-refractivity contribution in [3.63, 3.8) is 0 Å². The second kappa shape index (κ2) is 6.97. The number of hydrogen-bond acceptors (Lipinski definition) is 4. The fourth-order valence-corrected chi connectivity index (χ4v) is 2.25. The maximum atomic E-state index is 12.3. The fourth-order valence-electron chi connectivity index (χ4n) is 2.25. The van der Waals surface area contributed by atoms with E-state index in [1.165, 1.54) is 0 Å². The molecule has 0 bridgehead atoms. The molecule has 1 aromatic rings. The highest BCUT2D eigenvalue weighted by molar-refractivity contribution is 6.07. The number of amides is 4. The Labute approximate surface area is 141 Å². The summed E-state index contributed by atoms with van der Waals surface area (Å²) in [6.45, 7) is 3.86. The van der Waals surface area contributed by atoms with Gasteiger partial charge >= 0.3 is 6.03 Å². The molecule has 2 unspecified atom stereocenters. The third kappa shape index (κ3) is 3.46. The molecule has 0 aromatic heterocycles. The zero-order chi connectivity index (χ0) is 16.5. The Morgan fingerprint density at radius 3 is 2.30 bits per heavy atom. The van der Waals surface area contributed by atoms with Gasteiger partial charge in [0, 0.05) is 25.2 Å². The lowest BCUT2D eigenvalue weighted by Crippen LogP contribution is -2.41. The lowest BCUT2D eigenvalue weighted by Gasteiger charge is -2.24. The first kappa shape index (κ1) is 18.9. The van der Waals surface area contributed by atoms with E-state index in [0.29, 0.717) is 17.7 Å². The quantitative estimate of drug-likeness (QED) is 0.697. The summed E-state index contributed by atoms with van der Waals surface area (Å²) in [5.74, 6) is -0.556. The summed E-state index contributed by atoms with van der Waals surface area (Å²) in [5, 5.41) is 4.79. The van der Waals surface area contributed by atoms with Crippen LogP contribution in [0.25, 0.3) is 0 Å². The van der Waals surface area contributed by atoms with E-state index in [9.17, 15) is 14.4 Å². The van der Waals surface area contributed by atoms with Crippen molar-refractivity contribution in [2.75, 3.05) is 13.6 Å². The average Bonchev–Trinajstić information content (AvgIpc) is 2.78. The monoisotopic (exact) mass is 340 g/mol. The minimum atomic E-state index is -1.12. The van der Waals surface area contributed by atoms with Crippen LogP contribution in [0.1, 0.15) is 29.8 Å². The van der Waals surface area contributed by atoms with Crippen LogP contribution in [0.4, 0.5) is 4.79 Å². The number of hydrogen-bond donors (Lipinski definition) is 3. The predicted octanol–water partition coefficient (Wildman–Crippen LogP) is 0.582. The molecule has 126 valence electrons. The van der Waals surface area contributed by atoms with Crippen LogP contribution in [0, 0.1) is 0 Å². The summed E-state index contributed by atoms with van der Waals surface area (Å²) >= 11 is 0. The van der Waals surface area contributed by atoms with E-state index in [-0.39, 0.29) is 24.4 Å². The minimum Gasteiger partial charge on any atom is -0.338 e. The number of rotatable bonds is 4. The number of nitrogens with one attached hydrogen (secondary N) is 2. The van der Waals surface area contributed by atoms with E-state index in [4.69, 9.17) is 5.73 Å². The maximum absolute atomic E-state index is 12.3. The summed E-state index contributed by atoms with van der Waals surface area (Å²) in [5.41, 5.74) is 5.56. The third-order valence-electron chi connectivity index (χ3n) is 4.08. The number of halogens is 1. The number of nitrogens with zero attached hydrogens (tertiary/aromatic N) is 1. The number of nitrogens with two attached hydrogens (primary N) is 1. The number of imide groups is 1. The second-order valence-corrected chi connectivity index (χ2v) is 5.61. The van der Waals surface area contributed by atoms with Gasteiger partial charge in [-0.1, -0.05) is 12.1 Å². The standard InChI is InChI=1S/C15H20N4O3.ClH/c1-9(8-16)19(3)12(20)10-4-6-11(7-5-10)15(2)13(21)17-14(22)18-15;/h4-7,9H,8,16H2,1-3H3,(H2,17,18,21,22);1H. The molecule has 7 nitrogen and oxygen atoms in total. The summed E-state index contributed by atoms with van der Waals surface area (Å²) in [6, 6.07) is 6.02. The summed E-state index contributed by atoms with van der Waals surface area (Å²) < 4.78 is 0. The Bertz CT molecular complexity index is 620. The van der Waals surface area contributed by atoms with Gasteiger partial charge in [-0.2, -0.15) is 0 Å². The third-order valence-corrected chi connectivity index (χ3v) is 4.08. The maximum Gasteiger partial charge on any atom is 0.322 e. The van der Waals surface area contributed by atoms with Gasteiger partial charge in [-0.3, -0.25) is 14.9 Å². The average molecular weight is 341 g/mol. The topological polar surface area (TPSA) is 105 Å². The molecule has 0 saturated carbocycles. The molecule has 1 aromatic carbocycles. The van der Waals surface area contributed by atoms with Crippen LogP contribution in [0.2, 0.25) is 0 Å². The van der Waals surface area contributed by atoms with Crippen LogP contribution in [-0.4, -0.2) is 42.4 Å². The Hall–Kier alpha value is -2.12. The normalized spacial score (nSPS) is 21.0. The van der Waals surface area contributed by atoms with Crippen LogP contribution < -0.4 is 16.4 Å². The molecule has 0 spiro atoms. The van der Waals surface area contributed by atoms with Crippen molar-refractivity contribution in [2.45, 2.75) is 25.4 Å². The number of carbonyl (C=O) groups is 3. The predicted molar refractivity (Wildman–Crippen MR) is 88.3 cm³/mol. The van der Waals surface area contributed by atoms with E-state index < -0.39 is 17.5 Å². The number of carbonyl (C=O) groups excluding carboxylic acids is 3. The first-order chi connectivity index (χ1) is 10.3. The van der Waals surface area contributed by atoms with Gasteiger partial charge in [-0.25, -0.2) is 4.79 Å². The summed E-state index contributed by atoms with van der Waals surface area (Å²) in [7, 11) is 1.69. The smallest absolute Gasteiger partial charge is 0.322 e. The van der Waals surface area contributed by atoms with Crippen molar-refractivity contribution < 1.29 is 14.4 Å². The summed E-state index contributed by atoms with van der Waals surface area (Å²) in [6.07, 6.45) is 0. The molecule has 2 rings (SSSR count). The number of urea groups is 1. The van der Waals surface area contributed by atoms with E-state index in [1.54, 1.807) is 43.1 Å². The molecule has 0 aliphatic carbocycles. The van der Waals surface area contributed by atoms with Crippen molar-refractivity contribution in [1.82, 2.24) is 15.5 Å². The highest BCUT2D eigenvalue weighted by Gasteiger charge is 2.43. The van der Waals surface area contributed by atoms with Gasteiger partial charge in [-0.05, 0) is 31.5 Å². The van der Waals surface area contributed by atoms with Gasteiger partial charge in [-0.15, -0.1) is 12.4 Å². The first-order valence-electron chi connectivity index (χ1n) is 7.01. The molecule has 0 radical (unpaired) electrons. The zero-order valence-corrected chi connectivity index (χ0v) is 14.1. The largest absolute Gasteiger partial charge is 0.338 e. The molecular formula is C15H21ClN4O3. The fraction of sp³-hybridized carbons (Fsp3) is 0.400. The molecule has 1 aliphatic rings. The number of likely N-dealkylation sites (N-methyl/N-ethyl adjacent to an activating group) is 1. The Morgan fingerprint density at radius 2 is 1.87 bits per heavy atom. The first-order valence-corrected chi connectivity index (χ1v) is 7.01. The SMILES string of the molecule is CC(CN)N(C)C(=O)c1ccc(C2(C)NC(=O)NC2=O)cc1.Cl. The Morgan fingerprint density at radius 1 is 1.30 bits per heavy atom. The van der Waals surface area contributed by atoms with Gasteiger partial charge in [0.25, 0.3) is 11.8 Å². The molecule has 4 amide bonds. The lowest BCUT2D eigenvalue weighted by molar-refractivity contribution is -0.123. The van der Waals surface area contributed by atoms with Gasteiger partial charge in [0.2, 0.25) is 0 Å². The molecule has 4 N–H and O–H groups in total. The highest BCUT2D eigenvalue weighted by atomic mass is 35.5. The van der Waals surface area contributed by atoms with E-state index in [2.05, 4.69) is 10.6 Å². The summed E-state index contributed by atoms with van der Waals surface area (Å²) in [4.78, 5) is 37.0. The van der Waals surface area contributed by atoms with E-state index >= 15 is 0 Å². The van der Waals surface area contributed by atoms with Crippen molar-refractivity contribution in [1.29, 1.82) is 0 Å². The molecule has 2 atom stereocenters. The van der Waals surface area contributed by atoms with Crippen LogP contribution in [0.15, 0.2) is 24.3 Å². The molecule has 23 heavy (non-hydrogen) atoms. The molecule has 1 heterocycles. The van der Waals surface area contributed by atoms with Crippen molar-refractivity contribution in [3.8, 4) is 0 Å². The minimum absolute atomic E-state index is 0. The van der Waals surface area contributed by atoms with Gasteiger partial charge in [0.1, 0.15) is 5.54 Å². The molecule has 1 fully saturated rings. The van der Waals surface area contributed by atoms with Crippen molar-refractivity contribution >= 4 is 30.3 Å². The lowest BCUT2D eigenvalue weighted by atomic mass is 9.91.